The van der Waals surface area contributed by atoms with E-state index in [1.54, 1.807) is 35.6 Å². The Kier molecular flexibility index (Phi) is 6.21. The molecule has 154 valence electrons. The molecular weight excluding hydrogens is 401 g/mol. The molecule has 0 spiro atoms. The second-order valence-electron chi connectivity index (χ2n) is 7.20. The van der Waals surface area contributed by atoms with E-state index in [-0.39, 0.29) is 30.2 Å². The first-order valence-electron chi connectivity index (χ1n) is 9.83. The molecule has 0 saturated carbocycles. The Bertz CT molecular complexity index is 1020. The molecule has 4 rings (SSSR count). The third-order valence-corrected chi connectivity index (χ3v) is 6.10. The summed E-state index contributed by atoms with van der Waals surface area (Å²) >= 11 is 1.71. The number of amides is 2. The van der Waals surface area contributed by atoms with Crippen LogP contribution in [0.4, 0.5) is 15.8 Å². The van der Waals surface area contributed by atoms with Crippen molar-refractivity contribution >= 4 is 34.5 Å². The SMILES string of the molecule is O=C(CN1CCCC1c1cccs1)Nc1ccccc1C(=O)Nc1ccc(F)cc1. The van der Waals surface area contributed by atoms with E-state index in [4.69, 9.17) is 0 Å². The Balaban J connectivity index is 1.42. The summed E-state index contributed by atoms with van der Waals surface area (Å²) in [4.78, 5) is 28.9. The van der Waals surface area contributed by atoms with E-state index >= 15 is 0 Å². The van der Waals surface area contributed by atoms with Gasteiger partial charge in [-0.15, -0.1) is 11.3 Å². The number of halogens is 1. The normalized spacial score (nSPS) is 16.4. The van der Waals surface area contributed by atoms with E-state index in [2.05, 4.69) is 27.0 Å². The van der Waals surface area contributed by atoms with Gasteiger partial charge in [0.05, 0.1) is 17.8 Å². The quantitative estimate of drug-likeness (QED) is 0.592. The van der Waals surface area contributed by atoms with E-state index in [1.165, 1.54) is 29.1 Å². The summed E-state index contributed by atoms with van der Waals surface area (Å²) in [5.41, 5.74) is 1.29. The molecule has 2 N–H and O–H groups in total. The zero-order valence-electron chi connectivity index (χ0n) is 16.3. The lowest BCUT2D eigenvalue weighted by Crippen LogP contribution is -2.33. The second-order valence-corrected chi connectivity index (χ2v) is 8.18. The van der Waals surface area contributed by atoms with Crippen LogP contribution < -0.4 is 10.6 Å². The molecule has 1 unspecified atom stereocenters. The second kappa shape index (κ2) is 9.19. The zero-order valence-corrected chi connectivity index (χ0v) is 17.1. The van der Waals surface area contributed by atoms with E-state index in [9.17, 15) is 14.0 Å². The van der Waals surface area contributed by atoms with E-state index in [0.29, 0.717) is 16.9 Å². The van der Waals surface area contributed by atoms with Gasteiger partial charge < -0.3 is 10.6 Å². The minimum Gasteiger partial charge on any atom is -0.324 e. The number of nitrogens with one attached hydrogen (secondary N) is 2. The van der Waals surface area contributed by atoms with Crippen LogP contribution in [0.2, 0.25) is 0 Å². The van der Waals surface area contributed by atoms with Crippen LogP contribution >= 0.6 is 11.3 Å². The topological polar surface area (TPSA) is 61.4 Å². The third-order valence-electron chi connectivity index (χ3n) is 5.13. The highest BCUT2D eigenvalue weighted by molar-refractivity contribution is 7.10. The van der Waals surface area contributed by atoms with Gasteiger partial charge in [-0.2, -0.15) is 0 Å². The van der Waals surface area contributed by atoms with Crippen LogP contribution in [0.3, 0.4) is 0 Å². The molecule has 5 nitrogen and oxygen atoms in total. The van der Waals surface area contributed by atoms with Crippen LogP contribution in [0.1, 0.15) is 34.1 Å². The van der Waals surface area contributed by atoms with Crippen molar-refractivity contribution in [3.05, 3.63) is 82.3 Å². The molecule has 1 fully saturated rings. The third kappa shape index (κ3) is 4.75. The predicted molar refractivity (Wildman–Crippen MR) is 117 cm³/mol. The van der Waals surface area contributed by atoms with E-state index in [0.717, 1.165) is 19.4 Å². The van der Waals surface area contributed by atoms with Gasteiger partial charge in [-0.25, -0.2) is 4.39 Å². The molecule has 0 aliphatic carbocycles. The fourth-order valence-corrected chi connectivity index (χ4v) is 4.61. The van der Waals surface area contributed by atoms with Gasteiger partial charge in [-0.1, -0.05) is 18.2 Å². The van der Waals surface area contributed by atoms with Crippen LogP contribution in [-0.2, 0) is 4.79 Å². The number of benzene rings is 2. The van der Waals surface area contributed by atoms with Crippen LogP contribution in [0, 0.1) is 5.82 Å². The number of para-hydroxylation sites is 1. The molecule has 2 amide bonds. The fraction of sp³-hybridized carbons (Fsp3) is 0.217. The Morgan fingerprint density at radius 3 is 2.60 bits per heavy atom. The molecule has 1 aliphatic heterocycles. The predicted octanol–water partition coefficient (Wildman–Crippen LogP) is 4.92. The molecule has 1 atom stereocenters. The van der Waals surface area contributed by atoms with Crippen molar-refractivity contribution in [1.82, 2.24) is 4.90 Å². The summed E-state index contributed by atoms with van der Waals surface area (Å²) in [6.07, 6.45) is 2.11. The monoisotopic (exact) mass is 423 g/mol. The highest BCUT2D eigenvalue weighted by atomic mass is 32.1. The maximum atomic E-state index is 13.1. The van der Waals surface area contributed by atoms with E-state index < -0.39 is 0 Å². The van der Waals surface area contributed by atoms with Crippen molar-refractivity contribution in [3.8, 4) is 0 Å². The minimum absolute atomic E-state index is 0.152. The highest BCUT2D eigenvalue weighted by Crippen LogP contribution is 2.34. The number of anilines is 2. The van der Waals surface area contributed by atoms with Crippen molar-refractivity contribution in [2.45, 2.75) is 18.9 Å². The number of carbonyl (C=O) groups excluding carboxylic acids is 2. The number of nitrogens with zero attached hydrogens (tertiary/aromatic N) is 1. The van der Waals surface area contributed by atoms with Gasteiger partial charge in [0, 0.05) is 16.6 Å². The first kappa shape index (κ1) is 20.3. The summed E-state index contributed by atoms with van der Waals surface area (Å²) in [6, 6.07) is 16.8. The molecule has 2 heterocycles. The minimum atomic E-state index is -0.372. The first-order valence-corrected chi connectivity index (χ1v) is 10.7. The average Bonchev–Trinajstić information content (AvgIpc) is 3.41. The van der Waals surface area contributed by atoms with Gasteiger partial charge in [0.15, 0.2) is 0 Å². The molecule has 1 saturated heterocycles. The number of rotatable bonds is 6. The number of hydrogen-bond donors (Lipinski definition) is 2. The molecule has 2 aromatic carbocycles. The van der Waals surface area contributed by atoms with Gasteiger partial charge >= 0.3 is 0 Å². The van der Waals surface area contributed by atoms with Gasteiger partial charge in [0.1, 0.15) is 5.82 Å². The molecule has 7 heteroatoms. The summed E-state index contributed by atoms with van der Waals surface area (Å²) in [5, 5.41) is 7.67. The Morgan fingerprint density at radius 1 is 1.03 bits per heavy atom. The van der Waals surface area contributed by atoms with Crippen LogP contribution in [-0.4, -0.2) is 29.8 Å². The van der Waals surface area contributed by atoms with Crippen molar-refractivity contribution in [3.63, 3.8) is 0 Å². The average molecular weight is 424 g/mol. The first-order chi connectivity index (χ1) is 14.6. The maximum Gasteiger partial charge on any atom is 0.257 e. The Labute approximate surface area is 178 Å². The molecule has 0 bridgehead atoms. The smallest absolute Gasteiger partial charge is 0.257 e. The lowest BCUT2D eigenvalue weighted by Gasteiger charge is -2.23. The summed E-state index contributed by atoms with van der Waals surface area (Å²) in [7, 11) is 0. The summed E-state index contributed by atoms with van der Waals surface area (Å²) < 4.78 is 13.1. The number of carbonyl (C=O) groups is 2. The standard InChI is InChI=1S/C23H22FN3O2S/c24-16-9-11-17(12-10-16)25-23(29)18-5-1-2-6-19(18)26-22(28)15-27-13-3-7-20(27)21-8-4-14-30-21/h1-2,4-6,8-12,14,20H,3,7,13,15H2,(H,25,29)(H,26,28). The Morgan fingerprint density at radius 2 is 1.83 bits per heavy atom. The molecule has 1 aliphatic rings. The number of likely N-dealkylation sites (tertiary alicyclic amines) is 1. The number of thiophene rings is 1. The van der Waals surface area contributed by atoms with Gasteiger partial charge in [0.2, 0.25) is 5.91 Å². The number of hydrogen-bond acceptors (Lipinski definition) is 4. The maximum absolute atomic E-state index is 13.1. The van der Waals surface area contributed by atoms with Gasteiger partial charge in [-0.05, 0) is 67.2 Å². The zero-order chi connectivity index (χ0) is 20.9. The fourth-order valence-electron chi connectivity index (χ4n) is 3.71. The molecule has 30 heavy (non-hydrogen) atoms. The molecular formula is C23H22FN3O2S. The van der Waals surface area contributed by atoms with Gasteiger partial charge in [-0.3, -0.25) is 14.5 Å². The van der Waals surface area contributed by atoms with Crippen molar-refractivity contribution < 1.29 is 14.0 Å². The highest BCUT2D eigenvalue weighted by Gasteiger charge is 2.28. The van der Waals surface area contributed by atoms with Crippen LogP contribution in [0.5, 0.6) is 0 Å². The molecule has 3 aromatic rings. The molecule has 1 aromatic heterocycles. The van der Waals surface area contributed by atoms with E-state index in [1.807, 2.05) is 6.07 Å². The lowest BCUT2D eigenvalue weighted by molar-refractivity contribution is -0.117. The van der Waals surface area contributed by atoms with Gasteiger partial charge in [0.25, 0.3) is 5.91 Å². The summed E-state index contributed by atoms with van der Waals surface area (Å²) in [5.74, 6) is -0.890. The van der Waals surface area contributed by atoms with Crippen molar-refractivity contribution in [1.29, 1.82) is 0 Å². The van der Waals surface area contributed by atoms with Crippen LogP contribution in [0.25, 0.3) is 0 Å². The van der Waals surface area contributed by atoms with Crippen molar-refractivity contribution in [2.24, 2.45) is 0 Å². The van der Waals surface area contributed by atoms with Crippen LogP contribution in [0.15, 0.2) is 66.0 Å². The Hall–Kier alpha value is -3.03. The lowest BCUT2D eigenvalue weighted by atomic mass is 10.1. The van der Waals surface area contributed by atoms with Crippen molar-refractivity contribution in [2.75, 3.05) is 23.7 Å². The largest absolute Gasteiger partial charge is 0.324 e. The summed E-state index contributed by atoms with van der Waals surface area (Å²) in [6.45, 7) is 1.15. The molecule has 0 radical (unpaired) electrons.